The Morgan fingerprint density at radius 3 is 2.70 bits per heavy atom. The molecule has 1 atom stereocenters. The van der Waals surface area contributed by atoms with Gasteiger partial charge in [-0.3, -0.25) is 4.79 Å². The Balaban J connectivity index is 2.27. The Morgan fingerprint density at radius 2 is 2.15 bits per heavy atom. The van der Waals surface area contributed by atoms with Crippen molar-refractivity contribution in [2.75, 3.05) is 20.7 Å². The minimum Gasteiger partial charge on any atom is -0.495 e. The molecule has 1 aliphatic heterocycles. The maximum Gasteiger partial charge on any atom is 0.244 e. The molecular weight excluding hydrogens is 304 g/mol. The fourth-order valence-corrected chi connectivity index (χ4v) is 3.74. The van der Waals surface area contributed by atoms with Crippen molar-refractivity contribution in [1.29, 1.82) is 0 Å². The van der Waals surface area contributed by atoms with Crippen molar-refractivity contribution in [2.45, 2.75) is 17.4 Å². The van der Waals surface area contributed by atoms with E-state index >= 15 is 0 Å². The number of hydrogen-bond donors (Lipinski definition) is 1. The Labute approximate surface area is 122 Å². The van der Waals surface area contributed by atoms with Gasteiger partial charge in [0.1, 0.15) is 10.6 Å². The first kappa shape index (κ1) is 15.1. The molecule has 1 aliphatic rings. The lowest BCUT2D eigenvalue weighted by atomic mass is 10.3. The van der Waals surface area contributed by atoms with Crippen LogP contribution in [0.1, 0.15) is 6.42 Å². The molecule has 1 aromatic carbocycles. The second-order valence-electron chi connectivity index (χ2n) is 4.59. The van der Waals surface area contributed by atoms with Crippen molar-refractivity contribution in [2.24, 2.45) is 0 Å². The first-order chi connectivity index (χ1) is 9.33. The fourth-order valence-electron chi connectivity index (χ4n) is 2.09. The highest BCUT2D eigenvalue weighted by Gasteiger charge is 2.31. The Hall–Kier alpha value is -1.31. The van der Waals surface area contributed by atoms with Crippen LogP contribution in [0.4, 0.5) is 0 Å². The van der Waals surface area contributed by atoms with E-state index in [-0.39, 0.29) is 23.0 Å². The van der Waals surface area contributed by atoms with E-state index < -0.39 is 16.1 Å². The van der Waals surface area contributed by atoms with Crippen molar-refractivity contribution in [3.8, 4) is 5.75 Å². The van der Waals surface area contributed by atoms with Crippen LogP contribution in [-0.4, -0.2) is 46.0 Å². The monoisotopic (exact) mass is 318 g/mol. The van der Waals surface area contributed by atoms with Crippen LogP contribution < -0.4 is 9.46 Å². The Bertz CT molecular complexity index is 632. The molecule has 110 valence electrons. The molecule has 20 heavy (non-hydrogen) atoms. The number of nitrogens with zero attached hydrogens (tertiary/aromatic N) is 1. The number of benzene rings is 1. The van der Waals surface area contributed by atoms with Gasteiger partial charge in [0.15, 0.2) is 0 Å². The van der Waals surface area contributed by atoms with Crippen molar-refractivity contribution < 1.29 is 17.9 Å². The molecular formula is C12H15ClN2O4S. The number of ether oxygens (including phenoxy) is 1. The molecule has 0 saturated carbocycles. The summed E-state index contributed by atoms with van der Waals surface area (Å²) in [6.45, 7) is 0.348. The van der Waals surface area contributed by atoms with Crippen LogP contribution in [0.15, 0.2) is 23.1 Å². The standard InChI is InChI=1S/C12H15ClN2O4S/c1-15-7-9(6-12(15)16)14-20(17,18)11-5-8(13)3-4-10(11)19-2/h3-5,9,14H,6-7H2,1-2H3. The van der Waals surface area contributed by atoms with Gasteiger partial charge in [0.05, 0.1) is 7.11 Å². The Kier molecular flexibility index (Phi) is 4.22. The summed E-state index contributed by atoms with van der Waals surface area (Å²) >= 11 is 5.83. The first-order valence-corrected chi connectivity index (χ1v) is 7.79. The van der Waals surface area contributed by atoms with Gasteiger partial charge in [-0.2, -0.15) is 0 Å². The number of sulfonamides is 1. The number of carbonyl (C=O) groups excluding carboxylic acids is 1. The summed E-state index contributed by atoms with van der Waals surface area (Å²) in [5.41, 5.74) is 0. The molecule has 2 rings (SSSR count). The third-order valence-electron chi connectivity index (χ3n) is 3.08. The maximum absolute atomic E-state index is 12.4. The van der Waals surface area contributed by atoms with Gasteiger partial charge in [-0.1, -0.05) is 11.6 Å². The number of likely N-dealkylation sites (tertiary alicyclic amines) is 1. The third kappa shape index (κ3) is 3.05. The topological polar surface area (TPSA) is 75.7 Å². The number of nitrogens with one attached hydrogen (secondary N) is 1. The van der Waals surface area contributed by atoms with Gasteiger partial charge in [-0.05, 0) is 18.2 Å². The van der Waals surface area contributed by atoms with Crippen LogP contribution in [0.2, 0.25) is 5.02 Å². The number of rotatable bonds is 4. The molecule has 0 aromatic heterocycles. The zero-order valence-corrected chi connectivity index (χ0v) is 12.7. The average Bonchev–Trinajstić information content (AvgIpc) is 2.67. The second-order valence-corrected chi connectivity index (χ2v) is 6.71. The molecule has 1 saturated heterocycles. The summed E-state index contributed by atoms with van der Waals surface area (Å²) in [6, 6.07) is 3.92. The SMILES string of the molecule is COc1ccc(Cl)cc1S(=O)(=O)NC1CC(=O)N(C)C1. The lowest BCUT2D eigenvalue weighted by Crippen LogP contribution is -2.36. The molecule has 1 N–H and O–H groups in total. The van der Waals surface area contributed by atoms with E-state index in [2.05, 4.69) is 4.72 Å². The zero-order chi connectivity index (χ0) is 14.9. The van der Waals surface area contributed by atoms with Crippen molar-refractivity contribution in [3.05, 3.63) is 23.2 Å². The molecule has 0 radical (unpaired) electrons. The molecule has 1 fully saturated rings. The lowest BCUT2D eigenvalue weighted by Gasteiger charge is -2.15. The highest BCUT2D eigenvalue weighted by molar-refractivity contribution is 7.89. The average molecular weight is 319 g/mol. The van der Waals surface area contributed by atoms with Gasteiger partial charge < -0.3 is 9.64 Å². The summed E-state index contributed by atoms with van der Waals surface area (Å²) in [5, 5.41) is 0.297. The van der Waals surface area contributed by atoms with Crippen molar-refractivity contribution >= 4 is 27.5 Å². The summed E-state index contributed by atoms with van der Waals surface area (Å²) in [5.74, 6) is 0.121. The van der Waals surface area contributed by atoms with Crippen LogP contribution in [0.5, 0.6) is 5.75 Å². The highest BCUT2D eigenvalue weighted by atomic mass is 35.5. The molecule has 0 aliphatic carbocycles. The molecule has 1 unspecified atom stereocenters. The van der Waals surface area contributed by atoms with Crippen LogP contribution in [0, 0.1) is 0 Å². The number of halogens is 1. The third-order valence-corrected chi connectivity index (χ3v) is 4.85. The van der Waals surface area contributed by atoms with Gasteiger partial charge in [0.2, 0.25) is 15.9 Å². The van der Waals surface area contributed by atoms with E-state index in [0.29, 0.717) is 11.6 Å². The zero-order valence-electron chi connectivity index (χ0n) is 11.1. The smallest absolute Gasteiger partial charge is 0.244 e. The van der Waals surface area contributed by atoms with Crippen LogP contribution in [0.25, 0.3) is 0 Å². The number of carbonyl (C=O) groups is 1. The van der Waals surface area contributed by atoms with Gasteiger partial charge in [0, 0.05) is 31.1 Å². The van der Waals surface area contributed by atoms with Gasteiger partial charge >= 0.3 is 0 Å². The fraction of sp³-hybridized carbons (Fsp3) is 0.417. The molecule has 6 nitrogen and oxygen atoms in total. The largest absolute Gasteiger partial charge is 0.495 e. The van der Waals surface area contributed by atoms with Gasteiger partial charge in [-0.15, -0.1) is 0 Å². The van der Waals surface area contributed by atoms with Crippen molar-refractivity contribution in [3.63, 3.8) is 0 Å². The molecule has 1 amide bonds. The number of methoxy groups -OCH3 is 1. The lowest BCUT2D eigenvalue weighted by molar-refractivity contribution is -0.126. The highest BCUT2D eigenvalue weighted by Crippen LogP contribution is 2.27. The minimum atomic E-state index is -3.79. The normalized spacial score (nSPS) is 19.4. The Morgan fingerprint density at radius 1 is 1.45 bits per heavy atom. The molecule has 0 spiro atoms. The number of amides is 1. The van der Waals surface area contributed by atoms with E-state index in [1.165, 1.54) is 24.1 Å². The van der Waals surface area contributed by atoms with E-state index in [4.69, 9.17) is 16.3 Å². The van der Waals surface area contributed by atoms with E-state index in [9.17, 15) is 13.2 Å². The summed E-state index contributed by atoms with van der Waals surface area (Å²) < 4.78 is 32.3. The molecule has 1 heterocycles. The summed E-state index contributed by atoms with van der Waals surface area (Å²) in [4.78, 5) is 12.9. The summed E-state index contributed by atoms with van der Waals surface area (Å²) in [7, 11) is -0.775. The number of likely N-dealkylation sites (N-methyl/N-ethyl adjacent to an activating group) is 1. The van der Waals surface area contributed by atoms with Gasteiger partial charge in [-0.25, -0.2) is 13.1 Å². The predicted octanol–water partition coefficient (Wildman–Crippen LogP) is 0.858. The van der Waals surface area contributed by atoms with Crippen LogP contribution in [-0.2, 0) is 14.8 Å². The first-order valence-electron chi connectivity index (χ1n) is 5.93. The van der Waals surface area contributed by atoms with Gasteiger partial charge in [0.25, 0.3) is 0 Å². The van der Waals surface area contributed by atoms with E-state index in [0.717, 1.165) is 0 Å². The van der Waals surface area contributed by atoms with Crippen molar-refractivity contribution in [1.82, 2.24) is 9.62 Å². The predicted molar refractivity (Wildman–Crippen MR) is 74.4 cm³/mol. The molecule has 1 aromatic rings. The number of hydrogen-bond acceptors (Lipinski definition) is 4. The molecule has 0 bridgehead atoms. The van der Waals surface area contributed by atoms with Crippen LogP contribution in [0.3, 0.4) is 0 Å². The van der Waals surface area contributed by atoms with E-state index in [1.54, 1.807) is 13.1 Å². The summed E-state index contributed by atoms with van der Waals surface area (Å²) in [6.07, 6.45) is 0.151. The van der Waals surface area contributed by atoms with E-state index in [1.807, 2.05) is 0 Å². The maximum atomic E-state index is 12.4. The quantitative estimate of drug-likeness (QED) is 0.893. The van der Waals surface area contributed by atoms with Crippen LogP contribution >= 0.6 is 11.6 Å². The minimum absolute atomic E-state index is 0.0329. The second kappa shape index (κ2) is 5.59. The molecule has 8 heteroatoms.